The highest BCUT2D eigenvalue weighted by Crippen LogP contribution is 2.51. The van der Waals surface area contributed by atoms with E-state index < -0.39 is 0 Å². The lowest BCUT2D eigenvalue weighted by molar-refractivity contribution is -0.124. The molecule has 3 nitrogen and oxygen atoms in total. The molecule has 0 N–H and O–H groups in total. The summed E-state index contributed by atoms with van der Waals surface area (Å²) in [5.41, 5.74) is 0.410. The van der Waals surface area contributed by atoms with Crippen LogP contribution in [0.5, 0.6) is 0 Å². The lowest BCUT2D eigenvalue weighted by atomic mass is 9.63. The summed E-state index contributed by atoms with van der Waals surface area (Å²) in [5, 5.41) is 0.839. The number of imide groups is 1. The Kier molecular flexibility index (Phi) is 2.92. The van der Waals surface area contributed by atoms with Gasteiger partial charge in [-0.05, 0) is 42.9 Å². The first-order valence-corrected chi connectivity index (χ1v) is 7.84. The topological polar surface area (TPSA) is 37.4 Å². The quantitative estimate of drug-likeness (QED) is 0.584. The zero-order valence-corrected chi connectivity index (χ0v) is 12.6. The molecule has 2 bridgehead atoms. The van der Waals surface area contributed by atoms with Crippen molar-refractivity contribution < 1.29 is 9.59 Å². The number of hydrogen-bond donors (Lipinski definition) is 0. The molecule has 21 heavy (non-hydrogen) atoms. The Morgan fingerprint density at radius 1 is 0.952 bits per heavy atom. The average Bonchev–Trinajstić information content (AvgIpc) is 2.77. The van der Waals surface area contributed by atoms with Crippen LogP contribution in [0.4, 0.5) is 5.69 Å². The normalized spacial score (nSPS) is 33.7. The van der Waals surface area contributed by atoms with E-state index in [-0.39, 0.29) is 35.5 Å². The fourth-order valence-corrected chi connectivity index (χ4v) is 4.34. The Morgan fingerprint density at radius 2 is 1.52 bits per heavy atom. The largest absolute Gasteiger partial charge is 0.274 e. The number of fused-ring (bicyclic) bond motifs is 1. The Hall–Kier alpha value is -1.32. The van der Waals surface area contributed by atoms with Crippen molar-refractivity contribution in [1.29, 1.82) is 0 Å². The van der Waals surface area contributed by atoms with Gasteiger partial charge in [-0.2, -0.15) is 0 Å². The van der Waals surface area contributed by atoms with Gasteiger partial charge in [0.15, 0.2) is 0 Å². The van der Waals surface area contributed by atoms with Crippen LogP contribution in [0.25, 0.3) is 0 Å². The van der Waals surface area contributed by atoms with Crippen molar-refractivity contribution in [3.8, 4) is 0 Å². The number of benzene rings is 1. The monoisotopic (exact) mass is 321 g/mol. The molecule has 1 heterocycles. The standard InChI is InChI=1S/C16H13Cl2NO2/c17-10-5-6-11(18)12(7-10)19-15(20)13-8-1-2-9(4-3-8)14(13)16(19)21/h1-2,5-9,13-14H,3-4H2/t8-,9+,13-,14+. The van der Waals surface area contributed by atoms with Gasteiger partial charge in [-0.3, -0.25) is 9.59 Å². The first-order chi connectivity index (χ1) is 10.1. The molecule has 1 saturated carbocycles. The lowest BCUT2D eigenvalue weighted by Gasteiger charge is -2.38. The first kappa shape index (κ1) is 13.4. The van der Waals surface area contributed by atoms with Gasteiger partial charge in [0.05, 0.1) is 22.5 Å². The average molecular weight is 322 g/mol. The third-order valence-electron chi connectivity index (χ3n) is 4.91. The molecule has 0 aromatic heterocycles. The van der Waals surface area contributed by atoms with Crippen molar-refractivity contribution in [2.75, 3.05) is 4.90 Å². The number of hydrogen-bond acceptors (Lipinski definition) is 2. The second-order valence-electron chi connectivity index (χ2n) is 5.95. The summed E-state index contributed by atoms with van der Waals surface area (Å²) in [5.74, 6) is -0.354. The van der Waals surface area contributed by atoms with Gasteiger partial charge in [-0.1, -0.05) is 35.4 Å². The molecule has 4 atom stereocenters. The Bertz CT molecular complexity index is 653. The maximum absolute atomic E-state index is 12.8. The number of anilines is 1. The minimum Gasteiger partial charge on any atom is -0.274 e. The fourth-order valence-electron chi connectivity index (χ4n) is 3.97. The van der Waals surface area contributed by atoms with Crippen LogP contribution in [-0.4, -0.2) is 11.8 Å². The van der Waals surface area contributed by atoms with Crippen molar-refractivity contribution in [3.63, 3.8) is 0 Å². The highest BCUT2D eigenvalue weighted by atomic mass is 35.5. The van der Waals surface area contributed by atoms with E-state index in [2.05, 4.69) is 12.2 Å². The smallest absolute Gasteiger partial charge is 0.238 e. The van der Waals surface area contributed by atoms with Crippen molar-refractivity contribution in [1.82, 2.24) is 0 Å². The van der Waals surface area contributed by atoms with Crippen molar-refractivity contribution in [2.45, 2.75) is 12.8 Å². The van der Waals surface area contributed by atoms with Gasteiger partial charge < -0.3 is 0 Å². The van der Waals surface area contributed by atoms with Gasteiger partial charge in [-0.15, -0.1) is 0 Å². The van der Waals surface area contributed by atoms with E-state index in [1.165, 1.54) is 4.90 Å². The first-order valence-electron chi connectivity index (χ1n) is 7.09. The van der Waals surface area contributed by atoms with Crippen molar-refractivity contribution in [2.24, 2.45) is 23.7 Å². The minimum absolute atomic E-state index is 0.131. The molecular formula is C16H13Cl2NO2. The van der Waals surface area contributed by atoms with Crippen molar-refractivity contribution >= 4 is 40.7 Å². The van der Waals surface area contributed by atoms with E-state index in [0.717, 1.165) is 12.8 Å². The number of carbonyl (C=O) groups excluding carboxylic acids is 2. The van der Waals surface area contributed by atoms with Gasteiger partial charge in [0, 0.05) is 5.02 Å². The second-order valence-corrected chi connectivity index (χ2v) is 6.79. The molecule has 1 saturated heterocycles. The van der Waals surface area contributed by atoms with Gasteiger partial charge in [0.2, 0.25) is 11.8 Å². The van der Waals surface area contributed by atoms with Crippen LogP contribution < -0.4 is 4.90 Å². The summed E-state index contributed by atoms with van der Waals surface area (Å²) in [6.45, 7) is 0. The highest BCUT2D eigenvalue weighted by Gasteiger charge is 2.57. The predicted octanol–water partition coefficient (Wildman–Crippen LogP) is 3.70. The maximum atomic E-state index is 12.8. The van der Waals surface area contributed by atoms with Gasteiger partial charge >= 0.3 is 0 Å². The number of allylic oxidation sites excluding steroid dienone is 2. The Balaban J connectivity index is 1.80. The summed E-state index contributed by atoms with van der Waals surface area (Å²) in [7, 11) is 0. The summed E-state index contributed by atoms with van der Waals surface area (Å²) < 4.78 is 0. The number of amides is 2. The molecule has 3 aliphatic carbocycles. The molecule has 108 valence electrons. The van der Waals surface area contributed by atoms with Crippen LogP contribution >= 0.6 is 23.2 Å². The lowest BCUT2D eigenvalue weighted by Crippen LogP contribution is -2.38. The van der Waals surface area contributed by atoms with Crippen LogP contribution in [0.3, 0.4) is 0 Å². The number of rotatable bonds is 1. The van der Waals surface area contributed by atoms with Crippen LogP contribution in [0.2, 0.25) is 10.0 Å². The highest BCUT2D eigenvalue weighted by molar-refractivity contribution is 6.37. The molecule has 5 rings (SSSR count). The molecule has 0 radical (unpaired) electrons. The molecule has 1 aliphatic heterocycles. The molecule has 0 spiro atoms. The van der Waals surface area contributed by atoms with Crippen LogP contribution in [0.15, 0.2) is 30.4 Å². The molecule has 0 unspecified atom stereocenters. The van der Waals surface area contributed by atoms with Crippen LogP contribution in [-0.2, 0) is 9.59 Å². The molecule has 2 fully saturated rings. The molecule has 2 amide bonds. The maximum Gasteiger partial charge on any atom is 0.238 e. The van der Waals surface area contributed by atoms with E-state index in [0.29, 0.717) is 15.7 Å². The fraction of sp³-hybridized carbons (Fsp3) is 0.375. The van der Waals surface area contributed by atoms with Gasteiger partial charge in [0.1, 0.15) is 0 Å². The minimum atomic E-state index is -0.226. The van der Waals surface area contributed by atoms with Crippen LogP contribution in [0.1, 0.15) is 12.8 Å². The SMILES string of the molecule is O=C1[C@@H]2[C@H](C(=O)N1c1cc(Cl)ccc1Cl)[C@@H]1C=C[C@H]2CC1. The summed E-state index contributed by atoms with van der Waals surface area (Å²) >= 11 is 12.2. The predicted molar refractivity (Wildman–Crippen MR) is 81.3 cm³/mol. The van der Waals surface area contributed by atoms with Gasteiger partial charge in [-0.25, -0.2) is 4.90 Å². The number of carbonyl (C=O) groups is 2. The molecular weight excluding hydrogens is 309 g/mol. The third-order valence-corrected chi connectivity index (χ3v) is 5.46. The molecule has 1 aromatic rings. The molecule has 4 aliphatic rings. The third kappa shape index (κ3) is 1.80. The number of nitrogens with zero attached hydrogens (tertiary/aromatic N) is 1. The second kappa shape index (κ2) is 4.59. The summed E-state index contributed by atoms with van der Waals surface area (Å²) in [4.78, 5) is 26.8. The summed E-state index contributed by atoms with van der Waals surface area (Å²) in [6, 6.07) is 4.86. The van der Waals surface area contributed by atoms with E-state index >= 15 is 0 Å². The number of halogens is 2. The van der Waals surface area contributed by atoms with E-state index in [9.17, 15) is 9.59 Å². The Morgan fingerprint density at radius 3 is 2.05 bits per heavy atom. The zero-order chi connectivity index (χ0) is 14.7. The summed E-state index contributed by atoms with van der Waals surface area (Å²) in [6.07, 6.45) is 6.17. The van der Waals surface area contributed by atoms with Crippen LogP contribution in [0, 0.1) is 23.7 Å². The molecule has 1 aromatic carbocycles. The Labute approximate surface area is 132 Å². The van der Waals surface area contributed by atoms with E-state index in [4.69, 9.17) is 23.2 Å². The van der Waals surface area contributed by atoms with Gasteiger partial charge in [0.25, 0.3) is 0 Å². The van der Waals surface area contributed by atoms with E-state index in [1.807, 2.05) is 0 Å². The zero-order valence-electron chi connectivity index (χ0n) is 11.1. The van der Waals surface area contributed by atoms with E-state index in [1.54, 1.807) is 18.2 Å². The molecule has 5 heteroatoms. The van der Waals surface area contributed by atoms with Crippen molar-refractivity contribution in [3.05, 3.63) is 40.4 Å².